The summed E-state index contributed by atoms with van der Waals surface area (Å²) in [5, 5.41) is 2.92. The van der Waals surface area contributed by atoms with Crippen LogP contribution in [0.5, 0.6) is 0 Å². The van der Waals surface area contributed by atoms with Crippen LogP contribution in [0.1, 0.15) is 47.3 Å². The first-order chi connectivity index (χ1) is 16.9. The molecule has 3 N–H and O–H groups in total. The van der Waals surface area contributed by atoms with Gasteiger partial charge in [-0.3, -0.25) is 9.78 Å². The Hall–Kier alpha value is -3.77. The van der Waals surface area contributed by atoms with E-state index >= 15 is 0 Å². The highest BCUT2D eigenvalue weighted by atomic mass is 19.1. The first-order valence-electron chi connectivity index (χ1n) is 11.7. The highest BCUT2D eigenvalue weighted by molar-refractivity contribution is 5.95. The van der Waals surface area contributed by atoms with Crippen LogP contribution >= 0.6 is 0 Å². The van der Waals surface area contributed by atoms with Crippen LogP contribution < -0.4 is 11.1 Å². The molecule has 180 valence electrons. The summed E-state index contributed by atoms with van der Waals surface area (Å²) in [5.41, 5.74) is 11.3. The van der Waals surface area contributed by atoms with E-state index in [2.05, 4.69) is 29.5 Å². The number of amides is 1. The van der Waals surface area contributed by atoms with E-state index in [-0.39, 0.29) is 11.3 Å². The third-order valence-corrected chi connectivity index (χ3v) is 6.66. The molecule has 0 saturated carbocycles. The minimum Gasteiger partial charge on any atom is -0.400 e. The third kappa shape index (κ3) is 5.49. The number of nitrogens with one attached hydrogen (secondary N) is 1. The molecule has 1 saturated heterocycles. The molecule has 35 heavy (non-hydrogen) atoms. The predicted molar refractivity (Wildman–Crippen MR) is 136 cm³/mol. The number of hydrogen-bond acceptors (Lipinski definition) is 4. The van der Waals surface area contributed by atoms with Gasteiger partial charge in [0.2, 0.25) is 0 Å². The van der Waals surface area contributed by atoms with Crippen LogP contribution in [0.15, 0.2) is 108 Å². The minimum absolute atomic E-state index is 0.235. The normalized spacial score (nSPS) is 17.7. The number of aromatic nitrogens is 1. The molecule has 0 spiro atoms. The number of rotatable bonds is 7. The first kappa shape index (κ1) is 24.4. The number of carbonyl (C=O) groups excluding carboxylic acids is 1. The van der Waals surface area contributed by atoms with Crippen molar-refractivity contribution in [2.45, 2.75) is 31.1 Å². The summed E-state index contributed by atoms with van der Waals surface area (Å²) in [7, 11) is 0. The van der Waals surface area contributed by atoms with Crippen LogP contribution in [0.25, 0.3) is 0 Å². The molecule has 0 bridgehead atoms. The summed E-state index contributed by atoms with van der Waals surface area (Å²) in [6.07, 6.45) is 9.37. The van der Waals surface area contributed by atoms with Crippen molar-refractivity contribution >= 4 is 5.91 Å². The average molecular weight is 472 g/mol. The summed E-state index contributed by atoms with van der Waals surface area (Å²) in [6.45, 7) is 8.53. The van der Waals surface area contributed by atoms with Crippen molar-refractivity contribution < 1.29 is 13.9 Å². The van der Waals surface area contributed by atoms with Crippen LogP contribution in [0, 0.1) is 0 Å². The quantitative estimate of drug-likeness (QED) is 0.531. The molecule has 1 fully saturated rings. The Morgan fingerprint density at radius 1 is 1.09 bits per heavy atom. The van der Waals surface area contributed by atoms with E-state index in [4.69, 9.17) is 10.5 Å². The number of nitrogens with two attached hydrogens (primary N) is 1. The molecule has 6 heteroatoms. The molecule has 4 rings (SSSR count). The van der Waals surface area contributed by atoms with Crippen molar-refractivity contribution in [3.63, 3.8) is 0 Å². The number of carbonyl (C=O) groups is 1. The van der Waals surface area contributed by atoms with Gasteiger partial charge in [-0.1, -0.05) is 37.4 Å². The first-order valence-corrected chi connectivity index (χ1v) is 11.7. The molecule has 1 aromatic carbocycles. The van der Waals surface area contributed by atoms with Crippen molar-refractivity contribution in [1.82, 2.24) is 10.3 Å². The topological polar surface area (TPSA) is 77.2 Å². The highest BCUT2D eigenvalue weighted by Gasteiger charge is 2.37. The summed E-state index contributed by atoms with van der Waals surface area (Å²) < 4.78 is 18.6. The second-order valence-corrected chi connectivity index (χ2v) is 8.85. The van der Waals surface area contributed by atoms with Crippen molar-refractivity contribution in [3.05, 3.63) is 125 Å². The largest absolute Gasteiger partial charge is 0.400 e. The van der Waals surface area contributed by atoms with Gasteiger partial charge in [0, 0.05) is 36.1 Å². The van der Waals surface area contributed by atoms with Gasteiger partial charge in [-0.05, 0) is 78.8 Å². The van der Waals surface area contributed by atoms with Crippen LogP contribution in [0.3, 0.4) is 0 Å². The van der Waals surface area contributed by atoms with Gasteiger partial charge in [0.1, 0.15) is 5.83 Å². The Labute approximate surface area is 205 Å². The van der Waals surface area contributed by atoms with Gasteiger partial charge in [-0.25, -0.2) is 4.39 Å². The maximum absolute atomic E-state index is 13.0. The van der Waals surface area contributed by atoms with Crippen molar-refractivity contribution in [1.29, 1.82) is 0 Å². The number of nitrogens with zero attached hydrogens (tertiary/aromatic N) is 1. The fourth-order valence-corrected chi connectivity index (χ4v) is 4.60. The molecule has 5 nitrogen and oxygen atoms in total. The number of benzene rings is 1. The van der Waals surface area contributed by atoms with Gasteiger partial charge in [0.25, 0.3) is 5.91 Å². The molecule has 1 aliphatic carbocycles. The van der Waals surface area contributed by atoms with Gasteiger partial charge >= 0.3 is 0 Å². The molecule has 2 aliphatic rings. The van der Waals surface area contributed by atoms with E-state index in [0.29, 0.717) is 48.6 Å². The Bertz CT molecular complexity index is 1200. The van der Waals surface area contributed by atoms with Crippen molar-refractivity contribution in [2.24, 2.45) is 5.73 Å². The number of allylic oxidation sites excluding steroid dienone is 7. The predicted octanol–water partition coefficient (Wildman–Crippen LogP) is 5.39. The average Bonchev–Trinajstić information content (AvgIpc) is 2.89. The lowest BCUT2D eigenvalue weighted by atomic mass is 9.71. The van der Waals surface area contributed by atoms with Gasteiger partial charge < -0.3 is 15.8 Å². The second-order valence-electron chi connectivity index (χ2n) is 8.85. The zero-order valence-corrected chi connectivity index (χ0v) is 19.7. The van der Waals surface area contributed by atoms with Gasteiger partial charge in [-0.2, -0.15) is 0 Å². The molecule has 0 unspecified atom stereocenters. The number of halogens is 1. The van der Waals surface area contributed by atoms with E-state index in [0.717, 1.165) is 29.7 Å². The molecule has 2 aromatic rings. The lowest BCUT2D eigenvalue weighted by Crippen LogP contribution is -2.36. The number of hydrogen-bond donors (Lipinski definition) is 2. The molecule has 0 atom stereocenters. The SMILES string of the molecule is C=C(F)/C=C\C(=C)C1=CC(NC(=O)c2ccc(C3(c4ccccn4)CCOCC3)cc2)=C(N)CC1. The van der Waals surface area contributed by atoms with Crippen molar-refractivity contribution in [3.8, 4) is 0 Å². The Morgan fingerprint density at radius 3 is 2.49 bits per heavy atom. The van der Waals surface area contributed by atoms with E-state index < -0.39 is 5.83 Å². The van der Waals surface area contributed by atoms with Crippen LogP contribution in [0.2, 0.25) is 0 Å². The summed E-state index contributed by atoms with van der Waals surface area (Å²) in [4.78, 5) is 17.7. The molecular formula is C29H30FN3O2. The maximum atomic E-state index is 13.0. The van der Waals surface area contributed by atoms with E-state index in [1.54, 1.807) is 12.2 Å². The van der Waals surface area contributed by atoms with Crippen LogP contribution in [0.4, 0.5) is 4.39 Å². The van der Waals surface area contributed by atoms with E-state index in [1.807, 2.05) is 42.6 Å². The Balaban J connectivity index is 1.53. The van der Waals surface area contributed by atoms with Crippen LogP contribution in [-0.4, -0.2) is 24.1 Å². The van der Waals surface area contributed by atoms with Crippen LogP contribution in [-0.2, 0) is 10.2 Å². The summed E-state index contributed by atoms with van der Waals surface area (Å²) in [6, 6.07) is 13.7. The lowest BCUT2D eigenvalue weighted by molar-refractivity contribution is 0.0618. The molecule has 1 amide bonds. The zero-order chi connectivity index (χ0) is 24.8. The highest BCUT2D eigenvalue weighted by Crippen LogP contribution is 2.40. The fraction of sp³-hybridized carbons (Fsp3) is 0.241. The molecule has 1 aliphatic heterocycles. The van der Waals surface area contributed by atoms with E-state index in [9.17, 15) is 9.18 Å². The molecule has 2 heterocycles. The molecule has 0 radical (unpaired) electrons. The zero-order valence-electron chi connectivity index (χ0n) is 19.7. The Morgan fingerprint density at radius 2 is 1.83 bits per heavy atom. The second kappa shape index (κ2) is 10.7. The standard InChI is InChI=1S/C29H30FN3O2/c1-20(6-7-21(2)30)23-10-13-25(31)26(19-23)33-28(34)22-8-11-24(12-9-22)29(14-17-35-18-15-29)27-5-3-4-16-32-27/h3-9,11-12,16,19H,1-2,10,13-15,17-18,31H2,(H,33,34)/b7-6-. The van der Waals surface area contributed by atoms with Gasteiger partial charge in [0.15, 0.2) is 0 Å². The smallest absolute Gasteiger partial charge is 0.255 e. The van der Waals surface area contributed by atoms with Crippen molar-refractivity contribution in [2.75, 3.05) is 13.2 Å². The number of ether oxygens (including phenoxy) is 1. The molecular weight excluding hydrogens is 441 g/mol. The fourth-order valence-electron chi connectivity index (χ4n) is 4.60. The maximum Gasteiger partial charge on any atom is 0.255 e. The monoisotopic (exact) mass is 471 g/mol. The summed E-state index contributed by atoms with van der Waals surface area (Å²) in [5.74, 6) is -0.788. The molecule has 1 aromatic heterocycles. The minimum atomic E-state index is -0.542. The Kier molecular flexibility index (Phi) is 7.42. The summed E-state index contributed by atoms with van der Waals surface area (Å²) >= 11 is 0. The van der Waals surface area contributed by atoms with Gasteiger partial charge in [-0.15, -0.1) is 0 Å². The van der Waals surface area contributed by atoms with Gasteiger partial charge in [0.05, 0.1) is 11.4 Å². The lowest BCUT2D eigenvalue weighted by Gasteiger charge is -2.37. The van der Waals surface area contributed by atoms with E-state index in [1.165, 1.54) is 6.08 Å². The number of pyridine rings is 1. The third-order valence-electron chi connectivity index (χ3n) is 6.66.